The summed E-state index contributed by atoms with van der Waals surface area (Å²) in [6.07, 6.45) is 7.45. The molecule has 0 aromatic carbocycles. The molecule has 0 aromatic rings. The van der Waals surface area contributed by atoms with Crippen LogP contribution in [0.4, 0.5) is 4.79 Å². The summed E-state index contributed by atoms with van der Waals surface area (Å²) in [5, 5.41) is 0. The molecule has 2 rings (SSSR count). The molecule has 1 amide bonds. The predicted octanol–water partition coefficient (Wildman–Crippen LogP) is 3.19. The van der Waals surface area contributed by atoms with Gasteiger partial charge in [-0.2, -0.15) is 0 Å². The van der Waals surface area contributed by atoms with Gasteiger partial charge in [-0.15, -0.1) is 0 Å². The van der Waals surface area contributed by atoms with E-state index in [1.807, 2.05) is 18.7 Å². The fourth-order valence-corrected chi connectivity index (χ4v) is 3.12. The number of carbonyl (C=O) groups is 1. The molecule has 2 aliphatic rings. The highest BCUT2D eigenvalue weighted by Gasteiger charge is 2.36. The first-order chi connectivity index (χ1) is 7.68. The second-order valence-electron chi connectivity index (χ2n) is 5.38. The highest BCUT2D eigenvalue weighted by atomic mass is 16.6. The molecule has 16 heavy (non-hydrogen) atoms. The van der Waals surface area contributed by atoms with Gasteiger partial charge in [0.25, 0.3) is 0 Å². The number of hydrogen-bond acceptors (Lipinski definition) is 2. The Hall–Kier alpha value is -0.730. The molecular weight excluding hydrogens is 202 g/mol. The number of carbonyl (C=O) groups excluding carboxylic acids is 1. The van der Waals surface area contributed by atoms with Crippen molar-refractivity contribution in [1.82, 2.24) is 4.90 Å². The Morgan fingerprint density at radius 1 is 1.19 bits per heavy atom. The molecule has 3 nitrogen and oxygen atoms in total. The van der Waals surface area contributed by atoms with E-state index in [4.69, 9.17) is 4.74 Å². The van der Waals surface area contributed by atoms with Crippen LogP contribution in [0.3, 0.4) is 0 Å². The van der Waals surface area contributed by atoms with E-state index in [2.05, 4.69) is 0 Å². The fourth-order valence-electron chi connectivity index (χ4n) is 3.12. The third-order valence-electron chi connectivity index (χ3n) is 3.81. The summed E-state index contributed by atoms with van der Waals surface area (Å²) in [6, 6.07) is 0.466. The Morgan fingerprint density at radius 3 is 2.62 bits per heavy atom. The van der Waals surface area contributed by atoms with Gasteiger partial charge in [0.05, 0.1) is 6.10 Å². The van der Waals surface area contributed by atoms with Gasteiger partial charge in [0.2, 0.25) is 0 Å². The van der Waals surface area contributed by atoms with Crippen LogP contribution in [0, 0.1) is 5.92 Å². The van der Waals surface area contributed by atoms with Crippen LogP contribution in [-0.2, 0) is 4.74 Å². The number of fused-ring (bicyclic) bond motifs is 1. The van der Waals surface area contributed by atoms with Gasteiger partial charge in [0, 0.05) is 12.6 Å². The lowest BCUT2D eigenvalue weighted by atomic mass is 9.78. The smallest absolute Gasteiger partial charge is 0.410 e. The molecule has 0 aromatic heterocycles. The lowest BCUT2D eigenvalue weighted by Gasteiger charge is -2.43. The van der Waals surface area contributed by atoms with Crippen molar-refractivity contribution in [3.8, 4) is 0 Å². The van der Waals surface area contributed by atoms with E-state index in [0.717, 1.165) is 18.9 Å². The molecule has 2 fully saturated rings. The van der Waals surface area contributed by atoms with Gasteiger partial charge in [0.1, 0.15) is 0 Å². The van der Waals surface area contributed by atoms with E-state index in [0.29, 0.717) is 6.04 Å². The maximum absolute atomic E-state index is 12.0. The Morgan fingerprint density at radius 2 is 1.88 bits per heavy atom. The van der Waals surface area contributed by atoms with Crippen molar-refractivity contribution in [2.45, 2.75) is 64.5 Å². The third kappa shape index (κ3) is 2.50. The Labute approximate surface area is 98.1 Å². The molecule has 1 saturated heterocycles. The molecule has 1 aliphatic heterocycles. The lowest BCUT2D eigenvalue weighted by Crippen LogP contribution is -2.50. The van der Waals surface area contributed by atoms with Crippen LogP contribution in [0.5, 0.6) is 0 Å². The molecule has 2 atom stereocenters. The summed E-state index contributed by atoms with van der Waals surface area (Å²) in [6.45, 7) is 4.73. The van der Waals surface area contributed by atoms with Crippen molar-refractivity contribution in [3.63, 3.8) is 0 Å². The van der Waals surface area contributed by atoms with Crippen molar-refractivity contribution in [2.24, 2.45) is 5.92 Å². The normalized spacial score (nSPS) is 30.1. The van der Waals surface area contributed by atoms with Crippen molar-refractivity contribution >= 4 is 6.09 Å². The van der Waals surface area contributed by atoms with Gasteiger partial charge in [-0.1, -0.05) is 12.8 Å². The quantitative estimate of drug-likeness (QED) is 0.686. The zero-order valence-corrected chi connectivity index (χ0v) is 10.4. The third-order valence-corrected chi connectivity index (χ3v) is 3.81. The Kier molecular flexibility index (Phi) is 3.72. The number of piperidine rings is 1. The number of likely N-dealkylation sites (tertiary alicyclic amines) is 1. The average Bonchev–Trinajstić information content (AvgIpc) is 2.27. The molecule has 0 spiro atoms. The van der Waals surface area contributed by atoms with Crippen molar-refractivity contribution in [3.05, 3.63) is 0 Å². The van der Waals surface area contributed by atoms with E-state index in [1.165, 1.54) is 32.1 Å². The minimum absolute atomic E-state index is 0.00327. The molecule has 2 unspecified atom stereocenters. The zero-order valence-electron chi connectivity index (χ0n) is 10.4. The van der Waals surface area contributed by atoms with Gasteiger partial charge in [0.15, 0.2) is 0 Å². The van der Waals surface area contributed by atoms with Gasteiger partial charge in [-0.25, -0.2) is 4.79 Å². The van der Waals surface area contributed by atoms with Crippen molar-refractivity contribution < 1.29 is 9.53 Å². The van der Waals surface area contributed by atoms with Crippen LogP contribution in [0.2, 0.25) is 0 Å². The van der Waals surface area contributed by atoms with Crippen LogP contribution in [0.1, 0.15) is 52.4 Å². The maximum Gasteiger partial charge on any atom is 0.410 e. The van der Waals surface area contributed by atoms with E-state index in [1.54, 1.807) is 0 Å². The first-order valence-electron chi connectivity index (χ1n) is 6.65. The zero-order chi connectivity index (χ0) is 11.5. The predicted molar refractivity (Wildman–Crippen MR) is 63.3 cm³/mol. The largest absolute Gasteiger partial charge is 0.447 e. The second-order valence-corrected chi connectivity index (χ2v) is 5.38. The molecule has 0 bridgehead atoms. The number of ether oxygens (including phenoxy) is 1. The minimum atomic E-state index is -0.0911. The van der Waals surface area contributed by atoms with Gasteiger partial charge in [-0.3, -0.25) is 0 Å². The molecule has 0 N–H and O–H groups in total. The lowest BCUT2D eigenvalue weighted by molar-refractivity contribution is 0.0241. The summed E-state index contributed by atoms with van der Waals surface area (Å²) in [7, 11) is 0. The number of nitrogens with zero attached hydrogens (tertiary/aromatic N) is 1. The molecular formula is C13H23NO2. The summed E-state index contributed by atoms with van der Waals surface area (Å²) in [5.41, 5.74) is 0. The standard InChI is InChI=1S/C13H23NO2/c1-10(2)16-13(15)14-9-5-7-11-6-3-4-8-12(11)14/h10-12H,3-9H2,1-2H3. The van der Waals surface area contributed by atoms with Crippen LogP contribution in [-0.4, -0.2) is 29.7 Å². The van der Waals surface area contributed by atoms with Gasteiger partial charge < -0.3 is 9.64 Å². The highest BCUT2D eigenvalue weighted by Crippen LogP contribution is 2.35. The Bertz CT molecular complexity index is 250. The van der Waals surface area contributed by atoms with E-state index >= 15 is 0 Å². The van der Waals surface area contributed by atoms with Gasteiger partial charge in [-0.05, 0) is 45.4 Å². The SMILES string of the molecule is CC(C)OC(=O)N1CCCC2CCCCC21. The van der Waals surface area contributed by atoms with Crippen LogP contribution < -0.4 is 0 Å². The summed E-state index contributed by atoms with van der Waals surface area (Å²) in [5.74, 6) is 0.738. The number of rotatable bonds is 1. The molecule has 1 aliphatic carbocycles. The molecule has 3 heteroatoms. The molecule has 92 valence electrons. The van der Waals surface area contributed by atoms with E-state index in [-0.39, 0.29) is 12.2 Å². The maximum atomic E-state index is 12.0. The molecule has 0 radical (unpaired) electrons. The molecule has 1 heterocycles. The van der Waals surface area contributed by atoms with Crippen LogP contribution in [0.15, 0.2) is 0 Å². The van der Waals surface area contributed by atoms with Crippen molar-refractivity contribution in [1.29, 1.82) is 0 Å². The minimum Gasteiger partial charge on any atom is -0.447 e. The first-order valence-corrected chi connectivity index (χ1v) is 6.65. The fraction of sp³-hybridized carbons (Fsp3) is 0.923. The number of hydrogen-bond donors (Lipinski definition) is 0. The average molecular weight is 225 g/mol. The molecule has 1 saturated carbocycles. The van der Waals surface area contributed by atoms with E-state index < -0.39 is 0 Å². The summed E-state index contributed by atoms with van der Waals surface area (Å²) < 4.78 is 5.33. The monoisotopic (exact) mass is 225 g/mol. The Balaban J connectivity index is 1.99. The first kappa shape index (κ1) is 11.7. The van der Waals surface area contributed by atoms with Crippen molar-refractivity contribution in [2.75, 3.05) is 6.54 Å². The number of amides is 1. The second kappa shape index (κ2) is 5.07. The van der Waals surface area contributed by atoms with Crippen LogP contribution in [0.25, 0.3) is 0 Å². The topological polar surface area (TPSA) is 29.5 Å². The summed E-state index contributed by atoms with van der Waals surface area (Å²) >= 11 is 0. The highest BCUT2D eigenvalue weighted by molar-refractivity contribution is 5.68. The van der Waals surface area contributed by atoms with Gasteiger partial charge >= 0.3 is 6.09 Å². The van der Waals surface area contributed by atoms with Crippen LogP contribution >= 0.6 is 0 Å². The summed E-state index contributed by atoms with van der Waals surface area (Å²) in [4.78, 5) is 14.0. The van der Waals surface area contributed by atoms with E-state index in [9.17, 15) is 4.79 Å².